The molecule has 0 bridgehead atoms. The molecule has 0 unspecified atom stereocenters. The van der Waals surface area contributed by atoms with Gasteiger partial charge in [0.2, 0.25) is 0 Å². The Morgan fingerprint density at radius 2 is 1.02 bits per heavy atom. The van der Waals surface area contributed by atoms with Gasteiger partial charge in [0.15, 0.2) is 5.82 Å². The Morgan fingerprint density at radius 3 is 1.76 bits per heavy atom. The Bertz CT molecular complexity index is 2630. The number of benzene rings is 5. The molecule has 0 aliphatic rings. The van der Waals surface area contributed by atoms with Crippen molar-refractivity contribution < 1.29 is 0 Å². The normalized spacial score (nSPS) is 11.2. The summed E-state index contributed by atoms with van der Waals surface area (Å²) in [6.45, 7) is 2.05. The first kappa shape index (κ1) is 30.2. The molecule has 0 aliphatic heterocycles. The van der Waals surface area contributed by atoms with Gasteiger partial charge in [-0.3, -0.25) is 9.97 Å². The zero-order valence-corrected chi connectivity index (χ0v) is 27.9. The fourth-order valence-electron chi connectivity index (χ4n) is 6.71. The van der Waals surface area contributed by atoms with Crippen molar-refractivity contribution in [1.82, 2.24) is 24.9 Å². The highest BCUT2D eigenvalue weighted by Crippen LogP contribution is 2.35. The molecule has 240 valence electrons. The number of rotatable bonds is 6. The third-order valence-corrected chi connectivity index (χ3v) is 9.22. The van der Waals surface area contributed by atoms with Gasteiger partial charge in [-0.05, 0) is 71.6 Å². The molecule has 4 heterocycles. The second-order valence-electron chi connectivity index (χ2n) is 12.6. The number of aryl methyl sites for hydroxylation is 1. The topological polar surface area (TPSA) is 64.5 Å². The molecule has 0 aliphatic carbocycles. The first-order valence-electron chi connectivity index (χ1n) is 17.0. The SMILES string of the molecule is Cc1cc(-c2ccccc2)c2ccc3ccc(-c4cccc(-c5cccc(-c6nc(-c7ccccc7)cc(-c7cccnc7)n6)c5)c4)nc3c2n1. The molecular formula is C46H31N5. The van der Waals surface area contributed by atoms with E-state index in [-0.39, 0.29) is 0 Å². The van der Waals surface area contributed by atoms with Crippen LogP contribution in [0, 0.1) is 6.92 Å². The van der Waals surface area contributed by atoms with Crippen molar-refractivity contribution >= 4 is 21.8 Å². The Balaban J connectivity index is 1.12. The first-order chi connectivity index (χ1) is 25.2. The van der Waals surface area contributed by atoms with Crippen LogP contribution in [-0.2, 0) is 0 Å². The summed E-state index contributed by atoms with van der Waals surface area (Å²) in [6.07, 6.45) is 3.61. The molecule has 0 saturated heterocycles. The van der Waals surface area contributed by atoms with E-state index in [1.807, 2.05) is 48.7 Å². The van der Waals surface area contributed by atoms with Crippen LogP contribution in [-0.4, -0.2) is 24.9 Å². The predicted molar refractivity (Wildman–Crippen MR) is 208 cm³/mol. The molecule has 5 nitrogen and oxygen atoms in total. The largest absolute Gasteiger partial charge is 0.264 e. The molecule has 0 radical (unpaired) electrons. The molecule has 0 saturated carbocycles. The van der Waals surface area contributed by atoms with Gasteiger partial charge in [-0.25, -0.2) is 15.0 Å². The van der Waals surface area contributed by atoms with E-state index < -0.39 is 0 Å². The van der Waals surface area contributed by atoms with Gasteiger partial charge in [-0.1, -0.05) is 115 Å². The lowest BCUT2D eigenvalue weighted by atomic mass is 9.97. The standard InChI is InChI=1S/C46H31N5/c1-30-25-40(31-11-4-2-5-12-31)39-22-20-33-21-23-41(49-44(33)45(39)48-30)36-17-8-15-34(26-36)35-16-9-18-37(27-35)46-50-42(32-13-6-3-7-14-32)28-43(51-46)38-19-10-24-47-29-38/h2-29H,1H3. The third-order valence-electron chi connectivity index (χ3n) is 9.22. The van der Waals surface area contributed by atoms with E-state index in [1.165, 1.54) is 11.1 Å². The molecule has 0 fully saturated rings. The van der Waals surface area contributed by atoms with Crippen LogP contribution in [0.2, 0.25) is 0 Å². The Morgan fingerprint density at radius 1 is 0.392 bits per heavy atom. The van der Waals surface area contributed by atoms with E-state index in [0.29, 0.717) is 5.82 Å². The molecule has 5 heteroatoms. The monoisotopic (exact) mass is 653 g/mol. The van der Waals surface area contributed by atoms with Crippen LogP contribution >= 0.6 is 0 Å². The second kappa shape index (κ2) is 12.9. The zero-order chi connectivity index (χ0) is 34.1. The van der Waals surface area contributed by atoms with E-state index in [4.69, 9.17) is 19.9 Å². The van der Waals surface area contributed by atoms with Crippen LogP contribution in [0.5, 0.6) is 0 Å². The highest BCUT2D eigenvalue weighted by atomic mass is 14.9. The number of hydrogen-bond donors (Lipinski definition) is 0. The maximum absolute atomic E-state index is 5.24. The summed E-state index contributed by atoms with van der Waals surface area (Å²) >= 11 is 0. The molecule has 0 N–H and O–H groups in total. The highest BCUT2D eigenvalue weighted by molar-refractivity contribution is 6.08. The van der Waals surface area contributed by atoms with Gasteiger partial charge in [0, 0.05) is 51.1 Å². The molecule has 9 rings (SSSR count). The first-order valence-corrected chi connectivity index (χ1v) is 17.0. The predicted octanol–water partition coefficient (Wildman–Crippen LogP) is 11.3. The van der Waals surface area contributed by atoms with Crippen LogP contribution < -0.4 is 0 Å². The van der Waals surface area contributed by atoms with E-state index >= 15 is 0 Å². The van der Waals surface area contributed by atoms with Crippen LogP contribution in [0.25, 0.3) is 89.2 Å². The van der Waals surface area contributed by atoms with Crippen LogP contribution in [0.1, 0.15) is 5.69 Å². The fourth-order valence-corrected chi connectivity index (χ4v) is 6.71. The average Bonchev–Trinajstić information content (AvgIpc) is 3.21. The van der Waals surface area contributed by atoms with Gasteiger partial charge in [-0.2, -0.15) is 0 Å². The number of hydrogen-bond acceptors (Lipinski definition) is 5. The Labute approximate surface area is 296 Å². The maximum Gasteiger partial charge on any atom is 0.160 e. The van der Waals surface area contributed by atoms with E-state index in [1.54, 1.807) is 6.20 Å². The van der Waals surface area contributed by atoms with Crippen molar-refractivity contribution in [3.8, 4) is 67.4 Å². The second-order valence-corrected chi connectivity index (χ2v) is 12.6. The maximum atomic E-state index is 5.24. The van der Waals surface area contributed by atoms with Crippen LogP contribution in [0.15, 0.2) is 170 Å². The summed E-state index contributed by atoms with van der Waals surface area (Å²) in [5.41, 5.74) is 13.8. The molecule has 9 aromatic rings. The summed E-state index contributed by atoms with van der Waals surface area (Å²) in [7, 11) is 0. The van der Waals surface area contributed by atoms with Crippen LogP contribution in [0.4, 0.5) is 0 Å². The molecule has 4 aromatic heterocycles. The van der Waals surface area contributed by atoms with Gasteiger partial charge in [0.1, 0.15) is 0 Å². The Kier molecular flexibility index (Phi) is 7.63. The number of pyridine rings is 3. The molecule has 0 spiro atoms. The van der Waals surface area contributed by atoms with Gasteiger partial charge < -0.3 is 0 Å². The summed E-state index contributed by atoms with van der Waals surface area (Å²) in [5, 5.41) is 2.16. The number of aromatic nitrogens is 5. The molecule has 51 heavy (non-hydrogen) atoms. The van der Waals surface area contributed by atoms with E-state index in [9.17, 15) is 0 Å². The molecule has 0 amide bonds. The summed E-state index contributed by atoms with van der Waals surface area (Å²) in [4.78, 5) is 24.6. The van der Waals surface area contributed by atoms with Crippen LogP contribution in [0.3, 0.4) is 0 Å². The molecular weight excluding hydrogens is 623 g/mol. The number of fused-ring (bicyclic) bond motifs is 3. The molecule has 0 atom stereocenters. The minimum atomic E-state index is 0.661. The van der Waals surface area contributed by atoms with Crippen molar-refractivity contribution in [3.05, 3.63) is 176 Å². The zero-order valence-electron chi connectivity index (χ0n) is 27.9. The smallest absolute Gasteiger partial charge is 0.160 e. The van der Waals surface area contributed by atoms with Crippen molar-refractivity contribution in [2.75, 3.05) is 0 Å². The third kappa shape index (κ3) is 5.91. The lowest BCUT2D eigenvalue weighted by molar-refractivity contribution is 1.18. The summed E-state index contributed by atoms with van der Waals surface area (Å²) < 4.78 is 0. The van der Waals surface area contributed by atoms with Crippen molar-refractivity contribution in [1.29, 1.82) is 0 Å². The van der Waals surface area contributed by atoms with Crippen molar-refractivity contribution in [2.24, 2.45) is 0 Å². The number of nitrogens with zero attached hydrogens (tertiary/aromatic N) is 5. The highest BCUT2D eigenvalue weighted by Gasteiger charge is 2.14. The van der Waals surface area contributed by atoms with Gasteiger partial charge >= 0.3 is 0 Å². The van der Waals surface area contributed by atoms with Gasteiger partial charge in [0.25, 0.3) is 0 Å². The molecule has 5 aromatic carbocycles. The summed E-state index contributed by atoms with van der Waals surface area (Å²) in [6, 6.07) is 54.4. The lowest BCUT2D eigenvalue weighted by Crippen LogP contribution is -1.96. The Hall–Kier alpha value is -6.85. The van der Waals surface area contributed by atoms with Crippen molar-refractivity contribution in [3.63, 3.8) is 0 Å². The van der Waals surface area contributed by atoms with Crippen molar-refractivity contribution in [2.45, 2.75) is 6.92 Å². The average molecular weight is 654 g/mol. The quantitative estimate of drug-likeness (QED) is 0.167. The van der Waals surface area contributed by atoms with E-state index in [0.717, 1.165) is 78.0 Å². The van der Waals surface area contributed by atoms with E-state index in [2.05, 4.69) is 127 Å². The lowest BCUT2D eigenvalue weighted by Gasteiger charge is -2.12. The fraction of sp³-hybridized carbons (Fsp3) is 0.0217. The minimum absolute atomic E-state index is 0.661. The van der Waals surface area contributed by atoms with Gasteiger partial charge in [0.05, 0.1) is 28.1 Å². The summed E-state index contributed by atoms with van der Waals surface area (Å²) in [5.74, 6) is 0.661. The minimum Gasteiger partial charge on any atom is -0.264 e. The van der Waals surface area contributed by atoms with Gasteiger partial charge in [-0.15, -0.1) is 0 Å².